The normalized spacial score (nSPS) is 12.0. The third kappa shape index (κ3) is 4.62. The molecule has 5 heterocycles. The fourth-order valence-electron chi connectivity index (χ4n) is 7.13. The molecule has 0 aliphatic carbocycles. The molecule has 0 bridgehead atoms. The van der Waals surface area contributed by atoms with E-state index in [1.807, 2.05) is 53.5 Å². The number of rotatable bonds is 5. The molecule has 0 fully saturated rings. The third-order valence-corrected chi connectivity index (χ3v) is 9.30. The number of pyridine rings is 3. The number of ether oxygens (including phenoxy) is 1. The number of benzene rings is 4. The van der Waals surface area contributed by atoms with Gasteiger partial charge in [0.25, 0.3) is 0 Å². The molecule has 236 valence electrons. The van der Waals surface area contributed by atoms with E-state index in [4.69, 9.17) is 9.72 Å². The summed E-state index contributed by atoms with van der Waals surface area (Å²) in [5, 5.41) is 4.98. The molecule has 0 saturated heterocycles. The maximum Gasteiger partial charge on any atom is 2.00 e. The van der Waals surface area contributed by atoms with E-state index in [0.717, 1.165) is 54.8 Å². The van der Waals surface area contributed by atoms with Gasteiger partial charge in [-0.15, -0.1) is 12.1 Å². The molecule has 0 N–H and O–H groups in total. The number of hydrogen-bond donors (Lipinski definition) is 0. The zero-order chi connectivity index (χ0) is 31.8. The Bertz CT molecular complexity index is 2660. The molecule has 9 rings (SSSR count). The van der Waals surface area contributed by atoms with Crippen molar-refractivity contribution in [2.45, 2.75) is 39.5 Å². The number of nitrogens with zero attached hydrogens (tertiary/aromatic N) is 5. The number of imidazole rings is 2. The van der Waals surface area contributed by atoms with Crippen LogP contribution in [-0.2, 0) is 21.1 Å². The standard InChI is InChI=1S/C41H31N5O.Pt/c1-24(2)29-7-5-8-30(25(3)4)38(29)26-10-15-36-33(21-26)31-13-11-27(22-34(31)40-43-17-19-45(36)40)47-28-12-14-32-35(23-28)41-44-18-20-46(41)37-9-6-16-42-39(32)37;/h5-21,24-25H,1-4H3;/q-2;+2. The summed E-state index contributed by atoms with van der Waals surface area (Å²) < 4.78 is 10.6. The Labute approximate surface area is 292 Å². The van der Waals surface area contributed by atoms with Crippen molar-refractivity contribution in [2.24, 2.45) is 0 Å². The molecule has 7 heteroatoms. The summed E-state index contributed by atoms with van der Waals surface area (Å²) in [7, 11) is 0. The smallest absolute Gasteiger partial charge is 0.497 e. The van der Waals surface area contributed by atoms with Gasteiger partial charge in [-0.1, -0.05) is 104 Å². The predicted molar refractivity (Wildman–Crippen MR) is 190 cm³/mol. The van der Waals surface area contributed by atoms with Crippen molar-refractivity contribution in [1.82, 2.24) is 23.8 Å². The van der Waals surface area contributed by atoms with Crippen molar-refractivity contribution in [3.8, 4) is 22.6 Å². The molecule has 0 radical (unpaired) electrons. The van der Waals surface area contributed by atoms with Crippen LogP contribution >= 0.6 is 0 Å². The van der Waals surface area contributed by atoms with E-state index in [-0.39, 0.29) is 21.1 Å². The molecule has 0 amide bonds. The van der Waals surface area contributed by atoms with E-state index < -0.39 is 0 Å². The fraction of sp³-hybridized carbons (Fsp3) is 0.146. The molecule has 0 aliphatic rings. The zero-order valence-corrected chi connectivity index (χ0v) is 29.2. The summed E-state index contributed by atoms with van der Waals surface area (Å²) >= 11 is 0. The second-order valence-corrected chi connectivity index (χ2v) is 12.8. The van der Waals surface area contributed by atoms with Crippen LogP contribution in [0.2, 0.25) is 0 Å². The van der Waals surface area contributed by atoms with Gasteiger partial charge >= 0.3 is 21.1 Å². The SMILES string of the molecule is CC(C)c1cccc(C(C)C)c1-c1ccc2c(c1)c1ccc(Oc3[c-]c4c(cc3)c3ncccc3n3ccnc43)[c-]c1c1nccn21.[Pt+2]. The van der Waals surface area contributed by atoms with Gasteiger partial charge in [-0.3, -0.25) is 15.0 Å². The molecule has 0 aliphatic heterocycles. The first-order valence-corrected chi connectivity index (χ1v) is 16.1. The molecule has 0 atom stereocenters. The van der Waals surface area contributed by atoms with Gasteiger partial charge in [0.15, 0.2) is 0 Å². The molecular formula is C41H31N5OPt. The first kappa shape index (κ1) is 30.3. The minimum absolute atomic E-state index is 0. The Morgan fingerprint density at radius 3 is 1.90 bits per heavy atom. The van der Waals surface area contributed by atoms with E-state index in [9.17, 15) is 0 Å². The van der Waals surface area contributed by atoms with Crippen LogP contribution in [0.15, 0.2) is 104 Å². The van der Waals surface area contributed by atoms with Crippen molar-refractivity contribution in [3.63, 3.8) is 0 Å². The average molecular weight is 805 g/mol. The second kappa shape index (κ2) is 11.6. The van der Waals surface area contributed by atoms with Crippen molar-refractivity contribution in [1.29, 1.82) is 0 Å². The van der Waals surface area contributed by atoms with Crippen LogP contribution in [0, 0.1) is 12.1 Å². The molecule has 9 aromatic rings. The van der Waals surface area contributed by atoms with Crippen molar-refractivity contribution >= 4 is 54.8 Å². The van der Waals surface area contributed by atoms with E-state index >= 15 is 0 Å². The summed E-state index contributed by atoms with van der Waals surface area (Å²) in [5.41, 5.74) is 9.97. The topological polar surface area (TPSA) is 56.7 Å². The second-order valence-electron chi connectivity index (χ2n) is 12.8. The van der Waals surface area contributed by atoms with Crippen molar-refractivity contribution < 1.29 is 25.8 Å². The summed E-state index contributed by atoms with van der Waals surface area (Å²) in [6.07, 6.45) is 9.43. The van der Waals surface area contributed by atoms with Gasteiger partial charge in [0, 0.05) is 48.0 Å². The quantitative estimate of drug-likeness (QED) is 0.128. The van der Waals surface area contributed by atoms with E-state index in [0.29, 0.717) is 23.3 Å². The summed E-state index contributed by atoms with van der Waals surface area (Å²) in [4.78, 5) is 14.0. The van der Waals surface area contributed by atoms with Crippen LogP contribution in [0.4, 0.5) is 0 Å². The van der Waals surface area contributed by atoms with Crippen molar-refractivity contribution in [3.05, 3.63) is 127 Å². The molecule has 6 nitrogen and oxygen atoms in total. The Balaban J connectivity index is 0.00000336. The van der Waals surface area contributed by atoms with Gasteiger partial charge in [-0.05, 0) is 57.7 Å². The van der Waals surface area contributed by atoms with Crippen LogP contribution in [-0.4, -0.2) is 23.8 Å². The molecule has 0 spiro atoms. The Hall–Kier alpha value is -5.06. The van der Waals surface area contributed by atoms with Gasteiger partial charge in [-0.2, -0.15) is 0 Å². The summed E-state index contributed by atoms with van der Waals surface area (Å²) in [5.74, 6) is 2.00. The Kier molecular flexibility index (Phi) is 7.30. The molecule has 0 saturated carbocycles. The number of aromatic nitrogens is 5. The van der Waals surface area contributed by atoms with Crippen LogP contribution in [0.3, 0.4) is 0 Å². The minimum Gasteiger partial charge on any atom is -0.497 e. The third-order valence-electron chi connectivity index (χ3n) is 9.30. The zero-order valence-electron chi connectivity index (χ0n) is 26.9. The molecular weight excluding hydrogens is 774 g/mol. The maximum absolute atomic E-state index is 6.44. The van der Waals surface area contributed by atoms with Gasteiger partial charge < -0.3 is 13.5 Å². The monoisotopic (exact) mass is 804 g/mol. The first-order chi connectivity index (χ1) is 23.0. The Morgan fingerprint density at radius 2 is 1.23 bits per heavy atom. The van der Waals surface area contributed by atoms with Gasteiger partial charge in [0.05, 0.1) is 22.3 Å². The average Bonchev–Trinajstić information content (AvgIpc) is 3.79. The predicted octanol–water partition coefficient (Wildman–Crippen LogP) is 10.3. The maximum atomic E-state index is 6.44. The molecule has 0 unspecified atom stereocenters. The largest absolute Gasteiger partial charge is 2.00 e. The molecule has 4 aromatic carbocycles. The first-order valence-electron chi connectivity index (χ1n) is 16.1. The summed E-state index contributed by atoms with van der Waals surface area (Å²) in [6.45, 7) is 9.09. The van der Waals surface area contributed by atoms with E-state index in [1.165, 1.54) is 22.3 Å². The van der Waals surface area contributed by atoms with Gasteiger partial charge in [0.1, 0.15) is 0 Å². The van der Waals surface area contributed by atoms with Crippen molar-refractivity contribution in [2.75, 3.05) is 0 Å². The molecule has 48 heavy (non-hydrogen) atoms. The number of fused-ring (bicyclic) bond motifs is 12. The minimum atomic E-state index is 0. The fourth-order valence-corrected chi connectivity index (χ4v) is 7.13. The van der Waals surface area contributed by atoms with Crippen LogP contribution in [0.1, 0.15) is 50.7 Å². The van der Waals surface area contributed by atoms with E-state index in [2.05, 4.69) is 103 Å². The summed E-state index contributed by atoms with van der Waals surface area (Å²) in [6, 6.07) is 32.7. The Morgan fingerprint density at radius 1 is 0.604 bits per heavy atom. The number of hydrogen-bond acceptors (Lipinski definition) is 4. The van der Waals surface area contributed by atoms with Crippen LogP contribution in [0.5, 0.6) is 11.5 Å². The van der Waals surface area contributed by atoms with Crippen LogP contribution in [0.25, 0.3) is 65.9 Å². The molecule has 5 aromatic heterocycles. The van der Waals surface area contributed by atoms with Crippen LogP contribution < -0.4 is 4.74 Å². The van der Waals surface area contributed by atoms with Gasteiger partial charge in [0.2, 0.25) is 0 Å². The van der Waals surface area contributed by atoms with Gasteiger partial charge in [-0.25, -0.2) is 0 Å². The van der Waals surface area contributed by atoms with E-state index in [1.54, 1.807) is 6.20 Å².